The van der Waals surface area contributed by atoms with Crippen molar-refractivity contribution < 1.29 is 0 Å². The van der Waals surface area contributed by atoms with Crippen LogP contribution in [0.15, 0.2) is 225 Å². The van der Waals surface area contributed by atoms with Crippen LogP contribution in [0.25, 0.3) is 135 Å². The molecule has 5 aromatic heterocycles. The highest BCUT2D eigenvalue weighted by Gasteiger charge is 2.25. The van der Waals surface area contributed by atoms with E-state index in [2.05, 4.69) is 200 Å². The normalized spacial score (nSPS) is 13.2. The molecule has 1 unspecified atom stereocenters. The number of fused-ring (bicyclic) bond motifs is 8. The van der Waals surface area contributed by atoms with Crippen LogP contribution in [0.3, 0.4) is 0 Å². The Hall–Kier alpha value is -9.79. The maximum atomic E-state index is 5.67. The van der Waals surface area contributed by atoms with E-state index in [4.69, 9.17) is 34.9 Å². The molecule has 5 heterocycles. The average Bonchev–Trinajstić information content (AvgIpc) is 3.89. The minimum absolute atomic E-state index is 0.313. The van der Waals surface area contributed by atoms with Gasteiger partial charge in [-0.3, -0.25) is 14.5 Å². The molecule has 13 aromatic rings. The van der Waals surface area contributed by atoms with Crippen LogP contribution in [-0.4, -0.2) is 39.5 Å². The van der Waals surface area contributed by atoms with Crippen molar-refractivity contribution in [1.29, 1.82) is 0 Å². The number of hydrogen-bond acceptors (Lipinski definition) is 7. The zero-order valence-electron chi connectivity index (χ0n) is 40.3. The van der Waals surface area contributed by atoms with Crippen molar-refractivity contribution in [1.82, 2.24) is 39.5 Å². The summed E-state index contributed by atoms with van der Waals surface area (Å²) in [5.41, 5.74) is 16.6. The van der Waals surface area contributed by atoms with Crippen molar-refractivity contribution in [2.24, 2.45) is 0 Å². The van der Waals surface area contributed by atoms with Crippen LogP contribution in [0.1, 0.15) is 30.4 Å². The van der Waals surface area contributed by atoms with Gasteiger partial charge in [-0.05, 0) is 101 Å². The molecule has 0 radical (unpaired) electrons. The van der Waals surface area contributed by atoms with Gasteiger partial charge in [0.05, 0.1) is 44.8 Å². The number of imidazole rings is 1. The first-order chi connectivity index (χ1) is 36.6. The zero-order valence-corrected chi connectivity index (χ0v) is 40.3. The van der Waals surface area contributed by atoms with Gasteiger partial charge >= 0.3 is 0 Å². The summed E-state index contributed by atoms with van der Waals surface area (Å²) in [4.78, 5) is 37.4. The number of rotatable bonds is 8. The Morgan fingerprint density at radius 3 is 1.66 bits per heavy atom. The standard InChI is InChI=1S/C66H44N8/c1-41-18-13-25-45-26-15-31-52(59(41)45)58-40-56(44-22-7-3-8-23-44)70-65(72-58)47-36-46(64-69-55(43-20-5-2-6-21-43)39-57(71-64)51-30-14-24-42-19-11-12-29-50(42)51)37-48(38-47)66-73-62-53-32-16-34-67-60(53)61-54(33-17-35-68-61)63(62)74(66)49-27-9-4-10-28-49/h2-17,19-41H,18H2,1H3. The molecule has 0 bridgehead atoms. The van der Waals surface area contributed by atoms with E-state index < -0.39 is 0 Å². The minimum atomic E-state index is 0.313. The van der Waals surface area contributed by atoms with E-state index >= 15 is 0 Å². The maximum absolute atomic E-state index is 5.67. The van der Waals surface area contributed by atoms with Crippen LogP contribution < -0.4 is 0 Å². The molecule has 348 valence electrons. The number of allylic oxidation sites excluding steroid dienone is 1. The van der Waals surface area contributed by atoms with Gasteiger partial charge in [0.15, 0.2) is 11.6 Å². The SMILES string of the molecule is CC1CC=Cc2cccc(-c3cc(-c4ccccc4)nc(-c4cc(-c5nc(-c6ccccc6)cc(-c6cccc7ccccc67)n5)cc(-c5nc6c7cccnc7c7ncccc7c6n5-c5ccccc5)c4)n3)c21. The Morgan fingerprint density at radius 2 is 0.959 bits per heavy atom. The summed E-state index contributed by atoms with van der Waals surface area (Å²) in [7, 11) is 0. The van der Waals surface area contributed by atoms with Gasteiger partial charge in [0, 0.05) is 67.8 Å². The van der Waals surface area contributed by atoms with E-state index in [9.17, 15) is 0 Å². The number of aromatic nitrogens is 8. The maximum Gasteiger partial charge on any atom is 0.160 e. The largest absolute Gasteiger partial charge is 0.292 e. The fourth-order valence-corrected chi connectivity index (χ4v) is 10.9. The third-order valence-electron chi connectivity index (χ3n) is 14.3. The Bertz CT molecular complexity index is 4350. The van der Waals surface area contributed by atoms with Gasteiger partial charge in [0.2, 0.25) is 0 Å². The summed E-state index contributed by atoms with van der Waals surface area (Å²) in [6.07, 6.45) is 9.12. The molecule has 1 atom stereocenters. The van der Waals surface area contributed by atoms with Crippen LogP contribution in [0, 0.1) is 0 Å². The van der Waals surface area contributed by atoms with Gasteiger partial charge in [-0.2, -0.15) is 0 Å². The molecule has 8 heteroatoms. The summed E-state index contributed by atoms with van der Waals surface area (Å²) < 4.78 is 2.26. The van der Waals surface area contributed by atoms with Gasteiger partial charge in [-0.25, -0.2) is 24.9 Å². The molecule has 0 saturated heterocycles. The zero-order chi connectivity index (χ0) is 49.1. The predicted octanol–water partition coefficient (Wildman–Crippen LogP) is 16.0. The fourth-order valence-electron chi connectivity index (χ4n) is 10.9. The molecule has 0 saturated carbocycles. The van der Waals surface area contributed by atoms with Gasteiger partial charge in [0.1, 0.15) is 5.82 Å². The van der Waals surface area contributed by atoms with E-state index in [1.54, 1.807) is 0 Å². The summed E-state index contributed by atoms with van der Waals surface area (Å²) >= 11 is 0. The molecule has 0 fully saturated rings. The predicted molar refractivity (Wildman–Crippen MR) is 300 cm³/mol. The lowest BCUT2D eigenvalue weighted by Crippen LogP contribution is -2.05. The Labute approximate surface area is 427 Å². The van der Waals surface area contributed by atoms with Crippen LogP contribution >= 0.6 is 0 Å². The summed E-state index contributed by atoms with van der Waals surface area (Å²) in [6, 6.07) is 71.5. The third kappa shape index (κ3) is 7.42. The molecule has 8 aromatic carbocycles. The Morgan fingerprint density at radius 1 is 0.419 bits per heavy atom. The molecular weight excluding hydrogens is 905 g/mol. The Balaban J connectivity index is 1.09. The van der Waals surface area contributed by atoms with Gasteiger partial charge < -0.3 is 0 Å². The van der Waals surface area contributed by atoms with Gasteiger partial charge in [-0.15, -0.1) is 0 Å². The molecular formula is C66H44N8. The van der Waals surface area contributed by atoms with E-state index in [1.807, 2.05) is 42.7 Å². The molecule has 0 amide bonds. The molecule has 1 aliphatic carbocycles. The topological polar surface area (TPSA) is 95.2 Å². The second-order valence-electron chi connectivity index (χ2n) is 18.9. The summed E-state index contributed by atoms with van der Waals surface area (Å²) in [5, 5.41) is 4.11. The minimum Gasteiger partial charge on any atom is -0.292 e. The molecule has 8 nitrogen and oxygen atoms in total. The van der Waals surface area contributed by atoms with Crippen LogP contribution in [0.4, 0.5) is 0 Å². The van der Waals surface area contributed by atoms with Crippen molar-refractivity contribution >= 4 is 49.7 Å². The lowest BCUT2D eigenvalue weighted by molar-refractivity contribution is 0.773. The highest BCUT2D eigenvalue weighted by atomic mass is 15.1. The quantitative estimate of drug-likeness (QED) is 0.140. The van der Waals surface area contributed by atoms with E-state index in [1.165, 1.54) is 11.1 Å². The lowest BCUT2D eigenvalue weighted by atomic mass is 9.84. The highest BCUT2D eigenvalue weighted by molar-refractivity contribution is 6.21. The molecule has 14 rings (SSSR count). The van der Waals surface area contributed by atoms with Crippen LogP contribution in [-0.2, 0) is 0 Å². The van der Waals surface area contributed by atoms with Gasteiger partial charge in [0.25, 0.3) is 0 Å². The van der Waals surface area contributed by atoms with E-state index in [0.717, 1.165) is 123 Å². The van der Waals surface area contributed by atoms with Crippen LogP contribution in [0.5, 0.6) is 0 Å². The molecule has 0 spiro atoms. The van der Waals surface area contributed by atoms with Crippen molar-refractivity contribution in [3.05, 3.63) is 236 Å². The molecule has 0 N–H and O–H groups in total. The Kier molecular flexibility index (Phi) is 10.4. The first-order valence-corrected chi connectivity index (χ1v) is 25.0. The van der Waals surface area contributed by atoms with Crippen molar-refractivity contribution in [2.45, 2.75) is 19.3 Å². The fraction of sp³-hybridized carbons (Fsp3) is 0.0455. The highest BCUT2D eigenvalue weighted by Crippen LogP contribution is 2.42. The summed E-state index contributed by atoms with van der Waals surface area (Å²) in [6.45, 7) is 2.30. The monoisotopic (exact) mass is 948 g/mol. The van der Waals surface area contributed by atoms with Crippen molar-refractivity contribution in [3.63, 3.8) is 0 Å². The van der Waals surface area contributed by atoms with Crippen LogP contribution in [0.2, 0.25) is 0 Å². The third-order valence-corrected chi connectivity index (χ3v) is 14.3. The average molecular weight is 949 g/mol. The van der Waals surface area contributed by atoms with E-state index in [0.29, 0.717) is 17.6 Å². The smallest absolute Gasteiger partial charge is 0.160 e. The first-order valence-electron chi connectivity index (χ1n) is 25.0. The number of hydrogen-bond donors (Lipinski definition) is 0. The van der Waals surface area contributed by atoms with Crippen molar-refractivity contribution in [2.75, 3.05) is 0 Å². The molecule has 0 aliphatic heterocycles. The number of para-hydroxylation sites is 1. The van der Waals surface area contributed by atoms with E-state index in [-0.39, 0.29) is 0 Å². The second-order valence-corrected chi connectivity index (χ2v) is 18.9. The number of pyridine rings is 2. The van der Waals surface area contributed by atoms with Crippen molar-refractivity contribution in [3.8, 4) is 84.9 Å². The molecule has 74 heavy (non-hydrogen) atoms. The number of benzene rings is 8. The number of nitrogens with zero attached hydrogens (tertiary/aromatic N) is 8. The summed E-state index contributed by atoms with van der Waals surface area (Å²) in [5.74, 6) is 2.16. The lowest BCUT2D eigenvalue weighted by Gasteiger charge is -2.22. The molecule has 1 aliphatic rings. The second kappa shape index (κ2) is 17.8. The first kappa shape index (κ1) is 43.0. The van der Waals surface area contributed by atoms with Gasteiger partial charge in [-0.1, -0.05) is 159 Å².